The van der Waals surface area contributed by atoms with Crippen LogP contribution < -0.4 is 9.62 Å². The van der Waals surface area contributed by atoms with Crippen LogP contribution in [0.15, 0.2) is 53.4 Å². The third-order valence-corrected chi connectivity index (χ3v) is 8.36. The van der Waals surface area contributed by atoms with Crippen LogP contribution >= 0.6 is 0 Å². The number of likely N-dealkylation sites (tertiary alicyclic amines) is 1. The number of amides is 2. The number of carbonyl (C=O) groups excluding carboxylic acids is 2. The van der Waals surface area contributed by atoms with Gasteiger partial charge in [0.05, 0.1) is 4.90 Å². The van der Waals surface area contributed by atoms with Gasteiger partial charge in [-0.05, 0) is 67.9 Å². The molecule has 0 aromatic heterocycles. The summed E-state index contributed by atoms with van der Waals surface area (Å²) in [5.41, 5.74) is 2.47. The van der Waals surface area contributed by atoms with Crippen molar-refractivity contribution in [1.82, 2.24) is 9.62 Å². The normalized spacial score (nSPS) is 19.7. The van der Waals surface area contributed by atoms with Gasteiger partial charge >= 0.3 is 0 Å². The number of rotatable bonds is 6. The van der Waals surface area contributed by atoms with E-state index in [0.717, 1.165) is 29.7 Å². The molecule has 0 unspecified atom stereocenters. The maximum Gasteiger partial charge on any atom is 0.241 e. The SMILES string of the molecule is CC(=O)N1c2ccc(S(=O)(=O)N[C@H](Cc3ccccc3)C(=O)N3CCC(C)CC3)cc2C[C@H]1C. The van der Waals surface area contributed by atoms with E-state index in [4.69, 9.17) is 0 Å². The second-order valence-electron chi connectivity index (χ2n) is 9.60. The van der Waals surface area contributed by atoms with Crippen LogP contribution in [-0.4, -0.2) is 50.3 Å². The highest BCUT2D eigenvalue weighted by molar-refractivity contribution is 7.89. The molecule has 0 radical (unpaired) electrons. The molecule has 2 aliphatic rings. The van der Waals surface area contributed by atoms with E-state index in [9.17, 15) is 18.0 Å². The molecular formula is C26H33N3O4S. The molecule has 2 amide bonds. The van der Waals surface area contributed by atoms with E-state index in [1.165, 1.54) is 13.0 Å². The predicted octanol–water partition coefficient (Wildman–Crippen LogP) is 3.13. The van der Waals surface area contributed by atoms with Gasteiger partial charge in [-0.2, -0.15) is 4.72 Å². The number of benzene rings is 2. The summed E-state index contributed by atoms with van der Waals surface area (Å²) in [6.45, 7) is 6.92. The van der Waals surface area contributed by atoms with E-state index in [0.29, 0.717) is 25.4 Å². The summed E-state index contributed by atoms with van der Waals surface area (Å²) in [5, 5.41) is 0. The van der Waals surface area contributed by atoms with Crippen molar-refractivity contribution in [3.05, 3.63) is 59.7 Å². The van der Waals surface area contributed by atoms with Gasteiger partial charge in [0.1, 0.15) is 6.04 Å². The number of hydrogen-bond donors (Lipinski definition) is 1. The Morgan fingerprint density at radius 3 is 2.38 bits per heavy atom. The lowest BCUT2D eigenvalue weighted by atomic mass is 9.98. The quantitative estimate of drug-likeness (QED) is 0.684. The Labute approximate surface area is 202 Å². The molecule has 7 nitrogen and oxygen atoms in total. The Hall–Kier alpha value is -2.71. The molecule has 2 aromatic rings. The topological polar surface area (TPSA) is 86.8 Å². The van der Waals surface area contributed by atoms with Gasteiger partial charge in [-0.25, -0.2) is 8.42 Å². The summed E-state index contributed by atoms with van der Waals surface area (Å²) >= 11 is 0. The van der Waals surface area contributed by atoms with Gasteiger partial charge in [-0.3, -0.25) is 9.59 Å². The Morgan fingerprint density at radius 2 is 1.74 bits per heavy atom. The molecule has 0 aliphatic carbocycles. The maximum absolute atomic E-state index is 13.4. The fraction of sp³-hybridized carbons (Fsp3) is 0.462. The average molecular weight is 484 g/mol. The molecule has 2 heterocycles. The molecule has 1 N–H and O–H groups in total. The average Bonchev–Trinajstić information content (AvgIpc) is 3.14. The van der Waals surface area contributed by atoms with Crippen LogP contribution in [0.5, 0.6) is 0 Å². The van der Waals surface area contributed by atoms with E-state index in [1.807, 2.05) is 37.3 Å². The number of fused-ring (bicyclic) bond motifs is 1. The third-order valence-electron chi connectivity index (χ3n) is 6.89. The summed E-state index contributed by atoms with van der Waals surface area (Å²) in [6.07, 6.45) is 2.72. The second-order valence-corrected chi connectivity index (χ2v) is 11.3. The molecule has 34 heavy (non-hydrogen) atoms. The molecule has 8 heteroatoms. The lowest BCUT2D eigenvalue weighted by Gasteiger charge is -2.33. The van der Waals surface area contributed by atoms with Crippen LogP contribution in [0.2, 0.25) is 0 Å². The molecular weight excluding hydrogens is 450 g/mol. The van der Waals surface area contributed by atoms with Crippen molar-refractivity contribution < 1.29 is 18.0 Å². The van der Waals surface area contributed by atoms with Gasteiger partial charge < -0.3 is 9.80 Å². The minimum Gasteiger partial charge on any atom is -0.341 e. The zero-order valence-electron chi connectivity index (χ0n) is 20.0. The first kappa shape index (κ1) is 24.4. The van der Waals surface area contributed by atoms with Crippen molar-refractivity contribution in [3.63, 3.8) is 0 Å². The molecule has 0 saturated carbocycles. The summed E-state index contributed by atoms with van der Waals surface area (Å²) in [6, 6.07) is 13.4. The number of sulfonamides is 1. The van der Waals surface area contributed by atoms with Crippen molar-refractivity contribution in [2.75, 3.05) is 18.0 Å². The highest BCUT2D eigenvalue weighted by Gasteiger charge is 2.33. The number of piperidine rings is 1. The van der Waals surface area contributed by atoms with Gasteiger partial charge in [0.25, 0.3) is 0 Å². The highest BCUT2D eigenvalue weighted by atomic mass is 32.2. The molecule has 0 spiro atoms. The first-order valence-electron chi connectivity index (χ1n) is 11.9. The largest absolute Gasteiger partial charge is 0.341 e. The van der Waals surface area contributed by atoms with Crippen LogP contribution in [0.1, 0.15) is 44.7 Å². The van der Waals surface area contributed by atoms with E-state index in [1.54, 1.807) is 21.9 Å². The number of hydrogen-bond acceptors (Lipinski definition) is 4. The van der Waals surface area contributed by atoms with Crippen LogP contribution in [0.25, 0.3) is 0 Å². The standard InChI is InChI=1S/C26H33N3O4S/c1-18-11-13-28(14-12-18)26(31)24(16-21-7-5-4-6-8-21)27-34(32,33)23-9-10-25-22(17-23)15-19(2)29(25)20(3)30/h4-10,17-19,24,27H,11-16H2,1-3H3/t19-,24-/m1/s1. The van der Waals surface area contributed by atoms with E-state index < -0.39 is 16.1 Å². The molecule has 0 bridgehead atoms. The van der Waals surface area contributed by atoms with Gasteiger partial charge in [0.2, 0.25) is 21.8 Å². The van der Waals surface area contributed by atoms with Crippen LogP contribution in [-0.2, 0) is 32.5 Å². The van der Waals surface area contributed by atoms with Crippen LogP contribution in [0.3, 0.4) is 0 Å². The highest BCUT2D eigenvalue weighted by Crippen LogP contribution is 2.34. The number of nitrogens with one attached hydrogen (secondary N) is 1. The third kappa shape index (κ3) is 5.18. The number of nitrogens with zero attached hydrogens (tertiary/aromatic N) is 2. The monoisotopic (exact) mass is 483 g/mol. The fourth-order valence-corrected chi connectivity index (χ4v) is 6.23. The van der Waals surface area contributed by atoms with Crippen molar-refractivity contribution in [1.29, 1.82) is 0 Å². The van der Waals surface area contributed by atoms with Crippen molar-refractivity contribution in [2.24, 2.45) is 5.92 Å². The summed E-state index contributed by atoms with van der Waals surface area (Å²) < 4.78 is 29.5. The molecule has 2 aromatic carbocycles. The first-order chi connectivity index (χ1) is 16.2. The lowest BCUT2D eigenvalue weighted by molar-refractivity contribution is -0.134. The Morgan fingerprint density at radius 1 is 1.06 bits per heavy atom. The van der Waals surface area contributed by atoms with Crippen molar-refractivity contribution in [2.45, 2.75) is 63.4 Å². The molecule has 4 rings (SSSR count). The number of carbonyl (C=O) groups is 2. The summed E-state index contributed by atoms with van der Waals surface area (Å²) in [5.74, 6) is 0.318. The predicted molar refractivity (Wildman–Crippen MR) is 132 cm³/mol. The van der Waals surface area contributed by atoms with E-state index in [-0.39, 0.29) is 29.2 Å². The zero-order valence-corrected chi connectivity index (χ0v) is 20.8. The first-order valence-corrected chi connectivity index (χ1v) is 13.4. The van der Waals surface area contributed by atoms with Gasteiger partial charge in [0, 0.05) is 31.7 Å². The van der Waals surface area contributed by atoms with Crippen molar-refractivity contribution in [3.8, 4) is 0 Å². The molecule has 182 valence electrons. The molecule has 1 saturated heterocycles. The lowest BCUT2D eigenvalue weighted by Crippen LogP contribution is -2.51. The fourth-order valence-electron chi connectivity index (χ4n) is 4.99. The van der Waals surface area contributed by atoms with Crippen LogP contribution in [0.4, 0.5) is 5.69 Å². The maximum atomic E-state index is 13.4. The smallest absolute Gasteiger partial charge is 0.241 e. The minimum atomic E-state index is -3.95. The molecule has 2 atom stereocenters. The summed E-state index contributed by atoms with van der Waals surface area (Å²) in [4.78, 5) is 29.0. The van der Waals surface area contributed by atoms with Crippen LogP contribution in [0, 0.1) is 5.92 Å². The molecule has 1 fully saturated rings. The molecule has 2 aliphatic heterocycles. The Kier molecular flexibility index (Phi) is 7.09. The Bertz CT molecular complexity index is 1160. The van der Waals surface area contributed by atoms with E-state index in [2.05, 4.69) is 11.6 Å². The van der Waals surface area contributed by atoms with Gasteiger partial charge in [-0.15, -0.1) is 0 Å². The number of anilines is 1. The van der Waals surface area contributed by atoms with Crippen molar-refractivity contribution >= 4 is 27.5 Å². The second kappa shape index (κ2) is 9.88. The van der Waals surface area contributed by atoms with Gasteiger partial charge in [-0.1, -0.05) is 37.3 Å². The summed E-state index contributed by atoms with van der Waals surface area (Å²) in [7, 11) is -3.95. The van der Waals surface area contributed by atoms with E-state index >= 15 is 0 Å². The Balaban J connectivity index is 1.59. The zero-order chi connectivity index (χ0) is 24.5. The van der Waals surface area contributed by atoms with Gasteiger partial charge in [0.15, 0.2) is 0 Å². The minimum absolute atomic E-state index is 0.0210.